The van der Waals surface area contributed by atoms with Crippen molar-refractivity contribution in [3.05, 3.63) is 20.3 Å². The summed E-state index contributed by atoms with van der Waals surface area (Å²) in [6.07, 6.45) is 0. The summed E-state index contributed by atoms with van der Waals surface area (Å²) in [5.74, 6) is -0.498. The standard InChI is InChI=1S/C8H9BrO2S/c1-4(2)5-3-12-7(6(5)9)8(10)11/h3-4H,1-2H3,(H,10,11). The predicted octanol–water partition coefficient (Wildman–Crippen LogP) is 3.33. The molecule has 0 unspecified atom stereocenters. The van der Waals surface area contributed by atoms with Crippen LogP contribution >= 0.6 is 27.3 Å². The van der Waals surface area contributed by atoms with Gasteiger partial charge in [-0.3, -0.25) is 0 Å². The van der Waals surface area contributed by atoms with Crippen molar-refractivity contribution in [3.8, 4) is 0 Å². The van der Waals surface area contributed by atoms with Crippen molar-refractivity contribution >= 4 is 33.2 Å². The van der Waals surface area contributed by atoms with Crippen molar-refractivity contribution in [2.45, 2.75) is 19.8 Å². The molecular formula is C8H9BrO2S. The Morgan fingerprint density at radius 1 is 1.67 bits per heavy atom. The lowest BCUT2D eigenvalue weighted by atomic mass is 10.1. The van der Waals surface area contributed by atoms with Crippen LogP contribution < -0.4 is 0 Å². The van der Waals surface area contributed by atoms with Gasteiger partial charge in [0, 0.05) is 4.47 Å². The van der Waals surface area contributed by atoms with Crippen molar-refractivity contribution in [2.75, 3.05) is 0 Å². The molecule has 1 N–H and O–H groups in total. The molecule has 4 heteroatoms. The molecule has 0 aliphatic carbocycles. The highest BCUT2D eigenvalue weighted by atomic mass is 79.9. The molecule has 0 aromatic carbocycles. The van der Waals surface area contributed by atoms with Gasteiger partial charge < -0.3 is 5.11 Å². The molecule has 1 aromatic heterocycles. The van der Waals surface area contributed by atoms with Crippen LogP contribution in [0, 0.1) is 0 Å². The molecule has 0 aliphatic heterocycles. The Morgan fingerprint density at radius 3 is 2.50 bits per heavy atom. The Hall–Kier alpha value is -0.350. The maximum atomic E-state index is 10.6. The predicted molar refractivity (Wildman–Crippen MR) is 53.1 cm³/mol. The van der Waals surface area contributed by atoms with Gasteiger partial charge in [-0.25, -0.2) is 4.79 Å². The fourth-order valence-electron chi connectivity index (χ4n) is 0.891. The van der Waals surface area contributed by atoms with Gasteiger partial charge in [-0.15, -0.1) is 11.3 Å². The van der Waals surface area contributed by atoms with Crippen LogP contribution in [0.5, 0.6) is 0 Å². The normalized spacial score (nSPS) is 10.7. The second-order valence-electron chi connectivity index (χ2n) is 2.79. The summed E-state index contributed by atoms with van der Waals surface area (Å²) in [5, 5.41) is 10.6. The minimum absolute atomic E-state index is 0.365. The first-order valence-corrected chi connectivity index (χ1v) is 5.21. The number of thiophene rings is 1. The fourth-order valence-corrected chi connectivity index (χ4v) is 3.02. The van der Waals surface area contributed by atoms with Crippen LogP contribution in [0.15, 0.2) is 9.85 Å². The molecular weight excluding hydrogens is 240 g/mol. The van der Waals surface area contributed by atoms with Crippen molar-refractivity contribution in [1.29, 1.82) is 0 Å². The number of aromatic carboxylic acids is 1. The molecule has 1 rings (SSSR count). The average molecular weight is 249 g/mol. The Bertz CT molecular complexity index is 304. The Morgan fingerprint density at radius 2 is 2.25 bits per heavy atom. The van der Waals surface area contributed by atoms with E-state index in [1.54, 1.807) is 0 Å². The topological polar surface area (TPSA) is 37.3 Å². The Kier molecular flexibility index (Phi) is 2.90. The molecule has 0 radical (unpaired) electrons. The molecule has 0 saturated carbocycles. The van der Waals surface area contributed by atoms with Crippen molar-refractivity contribution in [3.63, 3.8) is 0 Å². The SMILES string of the molecule is CC(C)c1csc(C(=O)O)c1Br. The molecule has 0 spiro atoms. The quantitative estimate of drug-likeness (QED) is 0.872. The molecule has 0 amide bonds. The van der Waals surface area contributed by atoms with Crippen LogP contribution in [0.4, 0.5) is 0 Å². The molecule has 0 bridgehead atoms. The summed E-state index contributed by atoms with van der Waals surface area (Å²) in [7, 11) is 0. The van der Waals surface area contributed by atoms with E-state index in [0.29, 0.717) is 10.8 Å². The van der Waals surface area contributed by atoms with Gasteiger partial charge in [-0.1, -0.05) is 13.8 Å². The molecule has 0 atom stereocenters. The van der Waals surface area contributed by atoms with E-state index in [1.807, 2.05) is 19.2 Å². The maximum absolute atomic E-state index is 10.6. The summed E-state index contributed by atoms with van der Waals surface area (Å²) in [6, 6.07) is 0. The van der Waals surface area contributed by atoms with Gasteiger partial charge in [-0.05, 0) is 32.8 Å². The Balaban J connectivity index is 3.13. The molecule has 12 heavy (non-hydrogen) atoms. The summed E-state index contributed by atoms with van der Waals surface area (Å²) in [4.78, 5) is 11.0. The number of carboxylic acids is 1. The highest BCUT2D eigenvalue weighted by Gasteiger charge is 2.16. The van der Waals surface area contributed by atoms with Gasteiger partial charge in [0.05, 0.1) is 0 Å². The van der Waals surface area contributed by atoms with Crippen LogP contribution in [0.3, 0.4) is 0 Å². The summed E-state index contributed by atoms with van der Waals surface area (Å²) < 4.78 is 0.731. The van der Waals surface area contributed by atoms with Crippen molar-refractivity contribution in [2.24, 2.45) is 0 Å². The first-order chi connectivity index (χ1) is 5.54. The van der Waals surface area contributed by atoms with Crippen molar-refractivity contribution in [1.82, 2.24) is 0 Å². The average Bonchev–Trinajstić information content (AvgIpc) is 2.30. The summed E-state index contributed by atoms with van der Waals surface area (Å²) >= 11 is 4.55. The highest BCUT2D eigenvalue weighted by Crippen LogP contribution is 2.33. The molecule has 0 aliphatic rings. The number of halogens is 1. The zero-order valence-electron chi connectivity index (χ0n) is 6.80. The number of carbonyl (C=O) groups is 1. The lowest BCUT2D eigenvalue weighted by molar-refractivity contribution is 0.0701. The van der Waals surface area contributed by atoms with E-state index in [9.17, 15) is 4.79 Å². The summed E-state index contributed by atoms with van der Waals surface area (Å²) in [5.41, 5.74) is 1.07. The van der Waals surface area contributed by atoms with E-state index in [0.717, 1.165) is 10.0 Å². The van der Waals surface area contributed by atoms with E-state index >= 15 is 0 Å². The second-order valence-corrected chi connectivity index (χ2v) is 4.47. The third-order valence-corrected chi connectivity index (χ3v) is 3.68. The minimum atomic E-state index is -0.862. The maximum Gasteiger partial charge on any atom is 0.347 e. The lowest BCUT2D eigenvalue weighted by Gasteiger charge is -2.01. The molecule has 66 valence electrons. The Labute approximate surface area is 83.4 Å². The fraction of sp³-hybridized carbons (Fsp3) is 0.375. The van der Waals surface area contributed by atoms with E-state index < -0.39 is 5.97 Å². The van der Waals surface area contributed by atoms with Gasteiger partial charge in [0.25, 0.3) is 0 Å². The van der Waals surface area contributed by atoms with E-state index in [-0.39, 0.29) is 0 Å². The molecule has 0 fully saturated rings. The third-order valence-electron chi connectivity index (χ3n) is 1.57. The highest BCUT2D eigenvalue weighted by molar-refractivity contribution is 9.10. The largest absolute Gasteiger partial charge is 0.477 e. The van der Waals surface area contributed by atoms with Gasteiger partial charge in [0.2, 0.25) is 0 Å². The minimum Gasteiger partial charge on any atom is -0.477 e. The number of hydrogen-bond donors (Lipinski definition) is 1. The van der Waals surface area contributed by atoms with Crippen LogP contribution in [-0.4, -0.2) is 11.1 Å². The zero-order valence-corrected chi connectivity index (χ0v) is 9.20. The molecule has 2 nitrogen and oxygen atoms in total. The van der Waals surface area contributed by atoms with Crippen LogP contribution in [-0.2, 0) is 0 Å². The first-order valence-electron chi connectivity index (χ1n) is 3.54. The number of hydrogen-bond acceptors (Lipinski definition) is 2. The van der Waals surface area contributed by atoms with Gasteiger partial charge in [0.15, 0.2) is 0 Å². The van der Waals surface area contributed by atoms with Crippen molar-refractivity contribution < 1.29 is 9.90 Å². The van der Waals surface area contributed by atoms with Gasteiger partial charge in [-0.2, -0.15) is 0 Å². The molecule has 0 saturated heterocycles. The first kappa shape index (κ1) is 9.74. The monoisotopic (exact) mass is 248 g/mol. The van der Waals surface area contributed by atoms with Crippen LogP contribution in [0.2, 0.25) is 0 Å². The smallest absolute Gasteiger partial charge is 0.347 e. The van der Waals surface area contributed by atoms with Gasteiger partial charge >= 0.3 is 5.97 Å². The van der Waals surface area contributed by atoms with Crippen LogP contribution in [0.25, 0.3) is 0 Å². The number of rotatable bonds is 2. The second kappa shape index (κ2) is 3.58. The summed E-state index contributed by atoms with van der Waals surface area (Å²) in [6.45, 7) is 4.08. The van der Waals surface area contributed by atoms with Crippen LogP contribution in [0.1, 0.15) is 35.0 Å². The van der Waals surface area contributed by atoms with E-state index in [1.165, 1.54) is 11.3 Å². The van der Waals surface area contributed by atoms with E-state index in [4.69, 9.17) is 5.11 Å². The van der Waals surface area contributed by atoms with E-state index in [2.05, 4.69) is 15.9 Å². The lowest BCUT2D eigenvalue weighted by Crippen LogP contribution is -1.94. The third kappa shape index (κ3) is 1.69. The zero-order chi connectivity index (χ0) is 9.30. The molecule has 1 heterocycles. The number of carboxylic acid groups (broad SMARTS) is 1. The van der Waals surface area contributed by atoms with Gasteiger partial charge in [0.1, 0.15) is 4.88 Å². The molecule has 1 aromatic rings.